The Kier molecular flexibility index (Phi) is 9.11. The number of thiol groups is 1. The van der Waals surface area contributed by atoms with E-state index >= 15 is 0 Å². The number of hydrogen-bond donors (Lipinski definition) is 3. The van der Waals surface area contributed by atoms with Crippen molar-refractivity contribution < 1.29 is 26.4 Å². The van der Waals surface area contributed by atoms with Crippen molar-refractivity contribution >= 4 is 32.5 Å². The minimum absolute atomic E-state index is 0.0711. The molecule has 0 unspecified atom stereocenters. The summed E-state index contributed by atoms with van der Waals surface area (Å²) in [4.78, 5) is 15.3. The lowest BCUT2D eigenvalue weighted by atomic mass is 9.74. The second kappa shape index (κ2) is 12.6. The molecular weight excluding hydrogens is 552 g/mol. The van der Waals surface area contributed by atoms with Crippen LogP contribution >= 0.6 is 0 Å². The van der Waals surface area contributed by atoms with Crippen molar-refractivity contribution in [3.63, 3.8) is 0 Å². The SMILES string of the molecule is O=C([C@@H](COCc1ccccc1)NS(=O)(=O)CCCNC1CC1)N1CCC2(CC1)CN([SH](=O)=O)c1ccccc12. The van der Waals surface area contributed by atoms with Gasteiger partial charge in [0.25, 0.3) is 0 Å². The number of ether oxygens (including phenoxy) is 1. The average molecular weight is 591 g/mol. The molecule has 1 spiro atoms. The summed E-state index contributed by atoms with van der Waals surface area (Å²) in [6.45, 7) is 1.97. The lowest BCUT2D eigenvalue weighted by Crippen LogP contribution is -2.55. The summed E-state index contributed by atoms with van der Waals surface area (Å²) in [5, 5.41) is 3.32. The van der Waals surface area contributed by atoms with Gasteiger partial charge in [0.15, 0.2) is 0 Å². The third-order valence-electron chi connectivity index (χ3n) is 8.05. The van der Waals surface area contributed by atoms with Crippen LogP contribution in [0, 0.1) is 0 Å². The molecule has 2 N–H and O–H groups in total. The molecule has 2 fully saturated rings. The molecule has 1 amide bonds. The summed E-state index contributed by atoms with van der Waals surface area (Å²) >= 11 is 0. The Balaban J connectivity index is 1.23. The minimum atomic E-state index is -3.71. The van der Waals surface area contributed by atoms with E-state index in [2.05, 4.69) is 10.0 Å². The molecule has 1 atom stereocenters. The maximum atomic E-state index is 13.7. The number of sulfonamides is 1. The van der Waals surface area contributed by atoms with Crippen molar-refractivity contribution in [1.82, 2.24) is 14.9 Å². The molecule has 2 aliphatic heterocycles. The van der Waals surface area contributed by atoms with Crippen LogP contribution < -0.4 is 14.3 Å². The zero-order valence-electron chi connectivity index (χ0n) is 22.5. The Labute approximate surface area is 238 Å². The number of piperidine rings is 1. The molecule has 1 saturated carbocycles. The van der Waals surface area contributed by atoms with Gasteiger partial charge in [0.05, 0.1) is 24.7 Å². The van der Waals surface area contributed by atoms with Gasteiger partial charge in [-0.1, -0.05) is 48.5 Å². The van der Waals surface area contributed by atoms with Crippen LogP contribution in [0.15, 0.2) is 54.6 Å². The topological polar surface area (TPSA) is 125 Å². The fourth-order valence-corrected chi connectivity index (χ4v) is 7.69. The number of nitrogens with one attached hydrogen (secondary N) is 2. The molecule has 3 aliphatic rings. The van der Waals surface area contributed by atoms with Gasteiger partial charge < -0.3 is 15.0 Å². The van der Waals surface area contributed by atoms with Crippen molar-refractivity contribution in [1.29, 1.82) is 0 Å². The van der Waals surface area contributed by atoms with E-state index in [0.29, 0.717) is 57.2 Å². The van der Waals surface area contributed by atoms with Gasteiger partial charge in [-0.05, 0) is 55.8 Å². The Morgan fingerprint density at radius 2 is 1.75 bits per heavy atom. The molecule has 12 heteroatoms. The van der Waals surface area contributed by atoms with E-state index in [1.54, 1.807) is 4.90 Å². The number of rotatable bonds is 13. The molecule has 10 nitrogen and oxygen atoms in total. The molecule has 2 aromatic carbocycles. The van der Waals surface area contributed by atoms with Gasteiger partial charge in [-0.25, -0.2) is 21.6 Å². The lowest BCUT2D eigenvalue weighted by molar-refractivity contribution is -0.136. The number of fused-ring (bicyclic) bond motifs is 2. The van der Waals surface area contributed by atoms with E-state index in [1.807, 2.05) is 54.6 Å². The Morgan fingerprint density at radius 3 is 2.45 bits per heavy atom. The monoisotopic (exact) mass is 590 g/mol. The van der Waals surface area contributed by atoms with Crippen LogP contribution in [0.1, 0.15) is 43.2 Å². The third-order valence-corrected chi connectivity index (χ3v) is 10.3. The first-order valence-corrected chi connectivity index (χ1v) is 16.7. The number of amides is 1. The van der Waals surface area contributed by atoms with Crippen molar-refractivity contribution in [3.05, 3.63) is 65.7 Å². The van der Waals surface area contributed by atoms with Gasteiger partial charge >= 0.3 is 0 Å². The van der Waals surface area contributed by atoms with Crippen LogP contribution in [0.4, 0.5) is 5.69 Å². The summed E-state index contributed by atoms with van der Waals surface area (Å²) in [6.07, 6.45) is 3.91. The van der Waals surface area contributed by atoms with Gasteiger partial charge in [0.1, 0.15) is 6.04 Å². The summed E-state index contributed by atoms with van der Waals surface area (Å²) in [7, 11) is -6.47. The largest absolute Gasteiger partial charge is 0.375 e. The number of benzene rings is 2. The van der Waals surface area contributed by atoms with E-state index in [0.717, 1.165) is 24.0 Å². The first-order chi connectivity index (χ1) is 19.3. The molecular formula is C28H38N4O6S2. The van der Waals surface area contributed by atoms with Crippen LogP contribution in [0.3, 0.4) is 0 Å². The minimum Gasteiger partial charge on any atom is -0.375 e. The highest BCUT2D eigenvalue weighted by Crippen LogP contribution is 2.47. The quantitative estimate of drug-likeness (QED) is 0.239. The van der Waals surface area contributed by atoms with Gasteiger partial charge in [-0.15, -0.1) is 0 Å². The van der Waals surface area contributed by atoms with Crippen molar-refractivity contribution in [2.45, 2.75) is 56.2 Å². The van der Waals surface area contributed by atoms with Gasteiger partial charge in [-0.2, -0.15) is 0 Å². The highest BCUT2D eigenvalue weighted by molar-refractivity contribution is 7.89. The van der Waals surface area contributed by atoms with Crippen LogP contribution in [0.2, 0.25) is 0 Å². The van der Waals surface area contributed by atoms with Crippen LogP contribution in [0.25, 0.3) is 0 Å². The number of carbonyl (C=O) groups is 1. The molecule has 1 saturated heterocycles. The first-order valence-electron chi connectivity index (χ1n) is 13.9. The number of nitrogens with zero attached hydrogens (tertiary/aromatic N) is 2. The maximum absolute atomic E-state index is 13.7. The smallest absolute Gasteiger partial charge is 0.243 e. The fraction of sp³-hybridized carbons (Fsp3) is 0.536. The lowest BCUT2D eigenvalue weighted by Gasteiger charge is -2.40. The van der Waals surface area contributed by atoms with Gasteiger partial charge in [0, 0.05) is 31.1 Å². The number of carbonyl (C=O) groups excluding carboxylic acids is 1. The molecule has 1 aliphatic carbocycles. The predicted octanol–water partition coefficient (Wildman–Crippen LogP) is 1.54. The number of anilines is 1. The summed E-state index contributed by atoms with van der Waals surface area (Å²) in [5.41, 5.74) is 2.26. The molecule has 2 aromatic rings. The van der Waals surface area contributed by atoms with E-state index in [1.165, 1.54) is 4.31 Å². The van der Waals surface area contributed by atoms with Crippen molar-refractivity contribution in [3.8, 4) is 0 Å². The second-order valence-electron chi connectivity index (χ2n) is 11.0. The Hall–Kier alpha value is -2.51. The number of hydrogen-bond acceptors (Lipinski definition) is 7. The number of likely N-dealkylation sites (tertiary alicyclic amines) is 1. The zero-order valence-corrected chi connectivity index (χ0v) is 24.2. The van der Waals surface area contributed by atoms with E-state index < -0.39 is 27.0 Å². The highest BCUT2D eigenvalue weighted by Gasteiger charge is 2.46. The molecule has 0 bridgehead atoms. The standard InChI is InChI=1S/C28H38N4O6S2/c33-27(31-16-13-28(14-17-31)21-32(39(34)35)26-10-5-4-9-24(26)28)25(20-38-19-22-7-2-1-3-8-22)30-40(36,37)18-6-15-29-23-11-12-23/h1-5,7-10,23,25,29-30,39H,6,11-21H2/t25-/m1/s1. The van der Waals surface area contributed by atoms with Crippen LogP contribution in [-0.2, 0) is 42.5 Å². The fourth-order valence-electron chi connectivity index (χ4n) is 5.71. The maximum Gasteiger partial charge on any atom is 0.243 e. The summed E-state index contributed by atoms with van der Waals surface area (Å²) < 4.78 is 59.6. The van der Waals surface area contributed by atoms with E-state index in [-0.39, 0.29) is 30.3 Å². The van der Waals surface area contributed by atoms with Gasteiger partial charge in [-0.3, -0.25) is 9.10 Å². The van der Waals surface area contributed by atoms with Crippen molar-refractivity contribution in [2.24, 2.45) is 0 Å². The summed E-state index contributed by atoms with van der Waals surface area (Å²) in [5.74, 6) is -0.390. The molecule has 2 heterocycles. The van der Waals surface area contributed by atoms with Crippen LogP contribution in [-0.4, -0.2) is 78.3 Å². The number of para-hydroxylation sites is 1. The molecule has 5 rings (SSSR count). The Morgan fingerprint density at radius 1 is 1.05 bits per heavy atom. The van der Waals surface area contributed by atoms with Gasteiger partial charge in [0.2, 0.25) is 26.8 Å². The third kappa shape index (κ3) is 7.03. The molecule has 40 heavy (non-hydrogen) atoms. The van der Waals surface area contributed by atoms with Crippen LogP contribution in [0.5, 0.6) is 0 Å². The van der Waals surface area contributed by atoms with E-state index in [9.17, 15) is 21.6 Å². The highest BCUT2D eigenvalue weighted by atomic mass is 32.2. The first kappa shape index (κ1) is 29.0. The molecule has 0 aromatic heterocycles. The van der Waals surface area contributed by atoms with Crippen molar-refractivity contribution in [2.75, 3.05) is 42.8 Å². The Bertz CT molecular complexity index is 1350. The molecule has 0 radical (unpaired) electrons. The second-order valence-corrected chi connectivity index (χ2v) is 13.8. The normalized spacial score (nSPS) is 19.2. The summed E-state index contributed by atoms with van der Waals surface area (Å²) in [6, 6.07) is 16.5. The predicted molar refractivity (Wildman–Crippen MR) is 154 cm³/mol. The zero-order chi connectivity index (χ0) is 28.2. The average Bonchev–Trinajstić information content (AvgIpc) is 3.73. The van der Waals surface area contributed by atoms with E-state index in [4.69, 9.17) is 4.74 Å². The molecule has 218 valence electrons.